The SMILES string of the molecule is C=C(/C=C/CC1CCCN1C1CC1)CC. The zero-order valence-electron chi connectivity index (χ0n) is 9.91. The van der Waals surface area contributed by atoms with Crippen molar-refractivity contribution in [3.8, 4) is 0 Å². The average Bonchev–Trinajstić information content (AvgIpc) is 2.99. The van der Waals surface area contributed by atoms with E-state index in [-0.39, 0.29) is 0 Å². The zero-order chi connectivity index (χ0) is 10.7. The summed E-state index contributed by atoms with van der Waals surface area (Å²) in [5.41, 5.74) is 1.26. The van der Waals surface area contributed by atoms with Gasteiger partial charge >= 0.3 is 0 Å². The van der Waals surface area contributed by atoms with E-state index in [1.807, 2.05) is 0 Å². The van der Waals surface area contributed by atoms with Gasteiger partial charge in [-0.2, -0.15) is 0 Å². The lowest BCUT2D eigenvalue weighted by Gasteiger charge is -2.22. The lowest BCUT2D eigenvalue weighted by Crippen LogP contribution is -2.30. The minimum Gasteiger partial charge on any atom is -0.297 e. The highest BCUT2D eigenvalue weighted by Crippen LogP contribution is 2.34. The van der Waals surface area contributed by atoms with Crippen molar-refractivity contribution in [3.05, 3.63) is 24.3 Å². The van der Waals surface area contributed by atoms with Crippen LogP contribution in [0.4, 0.5) is 0 Å². The first kappa shape index (κ1) is 10.9. The maximum Gasteiger partial charge on any atom is 0.0133 e. The Hall–Kier alpha value is -0.560. The van der Waals surface area contributed by atoms with Crippen LogP contribution in [0, 0.1) is 0 Å². The molecule has 1 saturated carbocycles. The van der Waals surface area contributed by atoms with Crippen LogP contribution in [0.3, 0.4) is 0 Å². The van der Waals surface area contributed by atoms with Gasteiger partial charge in [0.1, 0.15) is 0 Å². The van der Waals surface area contributed by atoms with Crippen molar-refractivity contribution in [1.82, 2.24) is 4.90 Å². The molecule has 1 nitrogen and oxygen atoms in total. The van der Waals surface area contributed by atoms with Crippen molar-refractivity contribution >= 4 is 0 Å². The highest BCUT2D eigenvalue weighted by atomic mass is 15.2. The lowest BCUT2D eigenvalue weighted by atomic mass is 10.1. The number of nitrogens with zero attached hydrogens (tertiary/aromatic N) is 1. The van der Waals surface area contributed by atoms with Gasteiger partial charge in [-0.05, 0) is 45.1 Å². The number of allylic oxidation sites excluding steroid dienone is 2. The molecule has 1 unspecified atom stereocenters. The third kappa shape index (κ3) is 2.94. The number of rotatable bonds is 5. The van der Waals surface area contributed by atoms with Crippen LogP contribution in [0.25, 0.3) is 0 Å². The van der Waals surface area contributed by atoms with E-state index in [0.29, 0.717) is 0 Å². The van der Waals surface area contributed by atoms with Crippen LogP contribution in [0.2, 0.25) is 0 Å². The molecular weight excluding hydrogens is 182 g/mol. The second-order valence-corrected chi connectivity index (χ2v) is 4.91. The first-order valence-corrected chi connectivity index (χ1v) is 6.41. The van der Waals surface area contributed by atoms with Gasteiger partial charge in [-0.15, -0.1) is 0 Å². The Morgan fingerprint density at radius 1 is 1.40 bits per heavy atom. The van der Waals surface area contributed by atoms with E-state index >= 15 is 0 Å². The Labute approximate surface area is 93.9 Å². The molecular formula is C14H23N. The highest BCUT2D eigenvalue weighted by Gasteiger charge is 2.35. The summed E-state index contributed by atoms with van der Waals surface area (Å²) in [7, 11) is 0. The van der Waals surface area contributed by atoms with E-state index in [0.717, 1.165) is 18.5 Å². The van der Waals surface area contributed by atoms with Gasteiger partial charge in [0, 0.05) is 12.1 Å². The van der Waals surface area contributed by atoms with Gasteiger partial charge in [-0.3, -0.25) is 4.90 Å². The Morgan fingerprint density at radius 2 is 2.20 bits per heavy atom. The monoisotopic (exact) mass is 205 g/mol. The Morgan fingerprint density at radius 3 is 2.87 bits per heavy atom. The third-order valence-electron chi connectivity index (χ3n) is 3.65. The maximum absolute atomic E-state index is 4.00. The van der Waals surface area contributed by atoms with Gasteiger partial charge in [-0.25, -0.2) is 0 Å². The molecule has 0 spiro atoms. The first-order valence-electron chi connectivity index (χ1n) is 6.41. The molecule has 1 heterocycles. The van der Waals surface area contributed by atoms with E-state index in [9.17, 15) is 0 Å². The molecule has 1 aliphatic carbocycles. The van der Waals surface area contributed by atoms with Crippen LogP contribution < -0.4 is 0 Å². The van der Waals surface area contributed by atoms with Crippen LogP contribution >= 0.6 is 0 Å². The summed E-state index contributed by atoms with van der Waals surface area (Å²) in [6, 6.07) is 1.78. The van der Waals surface area contributed by atoms with Crippen LogP contribution in [0.1, 0.15) is 45.4 Å². The molecule has 2 rings (SSSR count). The second-order valence-electron chi connectivity index (χ2n) is 4.91. The van der Waals surface area contributed by atoms with Gasteiger partial charge in [0.05, 0.1) is 0 Å². The molecule has 0 radical (unpaired) electrons. The van der Waals surface area contributed by atoms with Gasteiger partial charge < -0.3 is 0 Å². The molecule has 0 amide bonds. The Balaban J connectivity index is 1.78. The smallest absolute Gasteiger partial charge is 0.0133 e. The summed E-state index contributed by atoms with van der Waals surface area (Å²) >= 11 is 0. The Bertz CT molecular complexity index is 250. The minimum absolute atomic E-state index is 0.832. The van der Waals surface area contributed by atoms with Crippen LogP contribution in [-0.2, 0) is 0 Å². The normalized spacial score (nSPS) is 27.7. The quantitative estimate of drug-likeness (QED) is 0.621. The van der Waals surface area contributed by atoms with Gasteiger partial charge in [0.2, 0.25) is 0 Å². The topological polar surface area (TPSA) is 3.24 Å². The van der Waals surface area contributed by atoms with Crippen molar-refractivity contribution < 1.29 is 0 Å². The lowest BCUT2D eigenvalue weighted by molar-refractivity contribution is 0.245. The summed E-state index contributed by atoms with van der Waals surface area (Å²) < 4.78 is 0. The summed E-state index contributed by atoms with van der Waals surface area (Å²) in [5.74, 6) is 0. The standard InChI is InChI=1S/C14H23N/c1-3-12(2)6-4-7-13-8-5-11-15(13)14-9-10-14/h4,6,13-14H,2-3,5,7-11H2,1H3/b6-4+. The third-order valence-corrected chi connectivity index (χ3v) is 3.65. The second kappa shape index (κ2) is 4.98. The summed E-state index contributed by atoms with van der Waals surface area (Å²) in [4.78, 5) is 2.74. The highest BCUT2D eigenvalue weighted by molar-refractivity contribution is 5.14. The Kier molecular flexibility index (Phi) is 3.63. The fourth-order valence-electron chi connectivity index (χ4n) is 2.51. The van der Waals surface area contributed by atoms with Crippen molar-refractivity contribution in [2.24, 2.45) is 0 Å². The summed E-state index contributed by atoms with van der Waals surface area (Å²) in [6.45, 7) is 7.51. The van der Waals surface area contributed by atoms with Crippen molar-refractivity contribution in [2.75, 3.05) is 6.54 Å². The van der Waals surface area contributed by atoms with Gasteiger partial charge in [-0.1, -0.05) is 31.2 Å². The molecule has 1 saturated heterocycles. The number of likely N-dealkylation sites (tertiary alicyclic amines) is 1. The molecule has 15 heavy (non-hydrogen) atoms. The van der Waals surface area contributed by atoms with Crippen molar-refractivity contribution in [3.63, 3.8) is 0 Å². The maximum atomic E-state index is 4.00. The van der Waals surface area contributed by atoms with Crippen LogP contribution in [0.5, 0.6) is 0 Å². The molecule has 1 heteroatoms. The molecule has 0 aromatic heterocycles. The van der Waals surface area contributed by atoms with Crippen LogP contribution in [0.15, 0.2) is 24.3 Å². The van der Waals surface area contributed by atoms with E-state index in [1.54, 1.807) is 0 Å². The molecule has 0 bridgehead atoms. The molecule has 0 aromatic carbocycles. The van der Waals surface area contributed by atoms with E-state index < -0.39 is 0 Å². The molecule has 2 fully saturated rings. The molecule has 0 N–H and O–H groups in total. The number of hydrogen-bond donors (Lipinski definition) is 0. The fraction of sp³-hybridized carbons (Fsp3) is 0.714. The predicted molar refractivity (Wildman–Crippen MR) is 65.9 cm³/mol. The van der Waals surface area contributed by atoms with E-state index in [4.69, 9.17) is 0 Å². The van der Waals surface area contributed by atoms with E-state index in [2.05, 4.69) is 30.6 Å². The molecule has 1 aliphatic heterocycles. The van der Waals surface area contributed by atoms with Crippen molar-refractivity contribution in [1.29, 1.82) is 0 Å². The van der Waals surface area contributed by atoms with Crippen molar-refractivity contribution in [2.45, 2.75) is 57.5 Å². The van der Waals surface area contributed by atoms with E-state index in [1.165, 1.54) is 44.2 Å². The largest absolute Gasteiger partial charge is 0.297 e. The summed E-state index contributed by atoms with van der Waals surface area (Å²) in [5, 5.41) is 0. The van der Waals surface area contributed by atoms with Crippen LogP contribution in [-0.4, -0.2) is 23.5 Å². The molecule has 1 atom stereocenters. The molecule has 0 aromatic rings. The van der Waals surface area contributed by atoms with Gasteiger partial charge in [0.15, 0.2) is 0 Å². The number of hydrogen-bond acceptors (Lipinski definition) is 1. The zero-order valence-corrected chi connectivity index (χ0v) is 9.91. The predicted octanol–water partition coefficient (Wildman–Crippen LogP) is 3.53. The van der Waals surface area contributed by atoms with Gasteiger partial charge in [0.25, 0.3) is 0 Å². The molecule has 2 aliphatic rings. The minimum atomic E-state index is 0.832. The fourth-order valence-corrected chi connectivity index (χ4v) is 2.51. The summed E-state index contributed by atoms with van der Waals surface area (Å²) in [6.07, 6.45) is 12.6. The first-order chi connectivity index (χ1) is 7.31. The molecule has 84 valence electrons. The average molecular weight is 205 g/mol.